The second kappa shape index (κ2) is 7.40. The monoisotopic (exact) mass is 402 g/mol. The topological polar surface area (TPSA) is 75.4 Å². The van der Waals surface area contributed by atoms with Gasteiger partial charge in [-0.1, -0.05) is 53.7 Å². The second-order valence-corrected chi connectivity index (χ2v) is 8.69. The third kappa shape index (κ3) is 3.54. The molecule has 5 nitrogen and oxygen atoms in total. The summed E-state index contributed by atoms with van der Waals surface area (Å²) in [6, 6.07) is 16.2. The average Bonchev–Trinajstić information content (AvgIpc) is 3.68. The predicted molar refractivity (Wildman–Crippen MR) is 115 cm³/mol. The van der Waals surface area contributed by atoms with Crippen LogP contribution >= 0.6 is 0 Å². The molecule has 5 heteroatoms. The molecule has 0 radical (unpaired) electrons. The number of aromatic nitrogens is 1. The van der Waals surface area contributed by atoms with Gasteiger partial charge in [-0.3, -0.25) is 4.79 Å². The number of hydrogen-bond donors (Lipinski definition) is 2. The number of carboxylic acid groups (broad SMARTS) is 1. The summed E-state index contributed by atoms with van der Waals surface area (Å²) in [6.45, 7) is 3.82. The molecule has 2 aliphatic rings. The van der Waals surface area contributed by atoms with E-state index >= 15 is 0 Å². The number of carboxylic acids is 1. The Hall–Kier alpha value is -2.92. The molecule has 5 rings (SSSR count). The van der Waals surface area contributed by atoms with E-state index in [-0.39, 0.29) is 0 Å². The summed E-state index contributed by atoms with van der Waals surface area (Å²) in [6.07, 6.45) is 4.13. The van der Waals surface area contributed by atoms with E-state index in [4.69, 9.17) is 4.52 Å². The van der Waals surface area contributed by atoms with Crippen LogP contribution in [0.3, 0.4) is 0 Å². The molecule has 0 saturated heterocycles. The highest BCUT2D eigenvalue weighted by Gasteiger charge is 2.51. The van der Waals surface area contributed by atoms with Crippen LogP contribution in [-0.4, -0.2) is 22.8 Å². The van der Waals surface area contributed by atoms with E-state index in [1.54, 1.807) is 0 Å². The van der Waals surface area contributed by atoms with Crippen LogP contribution in [0.4, 0.5) is 0 Å². The lowest BCUT2D eigenvalue weighted by molar-refractivity contribution is -0.140. The number of aryl methyl sites for hydroxylation is 1. The van der Waals surface area contributed by atoms with Crippen LogP contribution in [0.2, 0.25) is 0 Å². The highest BCUT2D eigenvalue weighted by Crippen LogP contribution is 2.48. The lowest BCUT2D eigenvalue weighted by atomic mass is 9.93. The number of rotatable bonds is 8. The van der Waals surface area contributed by atoms with Gasteiger partial charge in [-0.25, -0.2) is 0 Å². The molecule has 2 fully saturated rings. The average molecular weight is 402 g/mol. The molecule has 0 bridgehead atoms. The molecule has 2 aromatic carbocycles. The number of hydrogen-bond acceptors (Lipinski definition) is 4. The summed E-state index contributed by atoms with van der Waals surface area (Å²) in [5.74, 6) is 0.948. The molecule has 1 aromatic heterocycles. The first kappa shape index (κ1) is 19.1. The molecule has 0 atom stereocenters. The fourth-order valence-electron chi connectivity index (χ4n) is 4.09. The van der Waals surface area contributed by atoms with Crippen molar-refractivity contribution in [2.24, 2.45) is 5.92 Å². The van der Waals surface area contributed by atoms with Gasteiger partial charge in [0.05, 0.1) is 11.1 Å². The molecular weight excluding hydrogens is 376 g/mol. The lowest BCUT2D eigenvalue weighted by Crippen LogP contribution is -2.19. The molecular formula is C25H26N2O3. The zero-order valence-electron chi connectivity index (χ0n) is 17.1. The van der Waals surface area contributed by atoms with Crippen molar-refractivity contribution in [3.8, 4) is 22.5 Å². The molecule has 0 unspecified atom stereocenters. The quantitative estimate of drug-likeness (QED) is 0.559. The SMILES string of the molecule is Cc1noc(-c2ccc(-c3ccc(C4(C(=O)O)CC4)cc3)cc2)c1CNCC1CC1. The minimum atomic E-state index is -0.718. The Morgan fingerprint density at radius 3 is 2.23 bits per heavy atom. The van der Waals surface area contributed by atoms with E-state index in [0.29, 0.717) is 0 Å². The Kier molecular flexibility index (Phi) is 4.70. The Morgan fingerprint density at radius 2 is 1.67 bits per heavy atom. The fourth-order valence-corrected chi connectivity index (χ4v) is 4.09. The van der Waals surface area contributed by atoms with Crippen molar-refractivity contribution in [3.63, 3.8) is 0 Å². The summed E-state index contributed by atoms with van der Waals surface area (Å²) in [7, 11) is 0. The Morgan fingerprint density at radius 1 is 1.07 bits per heavy atom. The zero-order valence-corrected chi connectivity index (χ0v) is 17.1. The van der Waals surface area contributed by atoms with E-state index in [0.717, 1.165) is 71.1 Å². The van der Waals surface area contributed by atoms with Gasteiger partial charge < -0.3 is 14.9 Å². The summed E-state index contributed by atoms with van der Waals surface area (Å²) in [5.41, 5.74) is 5.48. The minimum Gasteiger partial charge on any atom is -0.481 e. The summed E-state index contributed by atoms with van der Waals surface area (Å²) in [4.78, 5) is 11.5. The molecule has 2 aliphatic carbocycles. The van der Waals surface area contributed by atoms with Crippen LogP contribution in [0.25, 0.3) is 22.5 Å². The van der Waals surface area contributed by atoms with Gasteiger partial charge in [0.15, 0.2) is 5.76 Å². The Bertz CT molecular complexity index is 1060. The smallest absolute Gasteiger partial charge is 0.314 e. The molecule has 2 saturated carbocycles. The maximum absolute atomic E-state index is 11.5. The van der Waals surface area contributed by atoms with Gasteiger partial charge in [0.25, 0.3) is 0 Å². The maximum Gasteiger partial charge on any atom is 0.314 e. The molecule has 2 N–H and O–H groups in total. The summed E-state index contributed by atoms with van der Waals surface area (Å²) < 4.78 is 5.64. The third-order valence-electron chi connectivity index (χ3n) is 6.49. The Labute approximate surface area is 176 Å². The van der Waals surface area contributed by atoms with Crippen molar-refractivity contribution in [3.05, 3.63) is 65.4 Å². The summed E-state index contributed by atoms with van der Waals surface area (Å²) >= 11 is 0. The molecule has 0 amide bonds. The predicted octanol–water partition coefficient (Wildman–Crippen LogP) is 4.93. The number of nitrogens with zero attached hydrogens (tertiary/aromatic N) is 1. The standard InChI is InChI=1S/C25H26N2O3/c1-16-22(15-26-14-17-2-3-17)23(30-27-16)20-6-4-18(5-7-20)19-8-10-21(11-9-19)25(12-13-25)24(28)29/h4-11,17,26H,2-3,12-15H2,1H3,(H,28,29). The summed E-state index contributed by atoms with van der Waals surface area (Å²) in [5, 5.41) is 17.2. The van der Waals surface area contributed by atoms with E-state index in [9.17, 15) is 9.90 Å². The van der Waals surface area contributed by atoms with E-state index in [1.807, 2.05) is 31.2 Å². The van der Waals surface area contributed by atoms with Gasteiger partial charge in [-0.05, 0) is 61.8 Å². The maximum atomic E-state index is 11.5. The zero-order chi connectivity index (χ0) is 20.7. The van der Waals surface area contributed by atoms with Crippen LogP contribution in [-0.2, 0) is 16.8 Å². The second-order valence-electron chi connectivity index (χ2n) is 8.69. The molecule has 0 spiro atoms. The first-order valence-corrected chi connectivity index (χ1v) is 10.7. The van der Waals surface area contributed by atoms with Gasteiger partial charge in [-0.2, -0.15) is 0 Å². The minimum absolute atomic E-state index is 0.656. The van der Waals surface area contributed by atoms with Crippen molar-refractivity contribution in [2.45, 2.75) is 44.6 Å². The van der Waals surface area contributed by atoms with Gasteiger partial charge in [0, 0.05) is 17.7 Å². The Balaban J connectivity index is 1.33. The van der Waals surface area contributed by atoms with E-state index < -0.39 is 11.4 Å². The molecule has 154 valence electrons. The lowest BCUT2D eigenvalue weighted by Gasteiger charge is -2.11. The molecule has 0 aliphatic heterocycles. The fraction of sp³-hybridized carbons (Fsp3) is 0.360. The first-order valence-electron chi connectivity index (χ1n) is 10.7. The normalized spacial score (nSPS) is 17.1. The number of aliphatic carboxylic acids is 1. The molecule has 30 heavy (non-hydrogen) atoms. The number of carbonyl (C=O) groups is 1. The van der Waals surface area contributed by atoms with Crippen LogP contribution in [0.5, 0.6) is 0 Å². The van der Waals surface area contributed by atoms with Crippen molar-refractivity contribution in [2.75, 3.05) is 6.54 Å². The van der Waals surface area contributed by atoms with E-state index in [2.05, 4.69) is 34.7 Å². The largest absolute Gasteiger partial charge is 0.481 e. The van der Waals surface area contributed by atoms with Gasteiger partial charge in [-0.15, -0.1) is 0 Å². The molecule has 1 heterocycles. The van der Waals surface area contributed by atoms with Crippen LogP contribution < -0.4 is 5.32 Å². The number of benzene rings is 2. The van der Waals surface area contributed by atoms with Crippen molar-refractivity contribution < 1.29 is 14.4 Å². The van der Waals surface area contributed by atoms with Crippen LogP contribution in [0.1, 0.15) is 42.5 Å². The molecule has 3 aromatic rings. The van der Waals surface area contributed by atoms with Crippen LogP contribution in [0.15, 0.2) is 53.1 Å². The third-order valence-corrected chi connectivity index (χ3v) is 6.49. The number of nitrogens with one attached hydrogen (secondary N) is 1. The highest BCUT2D eigenvalue weighted by molar-refractivity contribution is 5.85. The highest BCUT2D eigenvalue weighted by atomic mass is 16.5. The van der Waals surface area contributed by atoms with Crippen molar-refractivity contribution in [1.29, 1.82) is 0 Å². The van der Waals surface area contributed by atoms with Gasteiger partial charge in [0.1, 0.15) is 0 Å². The van der Waals surface area contributed by atoms with Crippen LogP contribution in [0, 0.1) is 12.8 Å². The van der Waals surface area contributed by atoms with E-state index in [1.165, 1.54) is 12.8 Å². The van der Waals surface area contributed by atoms with Gasteiger partial charge >= 0.3 is 5.97 Å². The van der Waals surface area contributed by atoms with Crippen molar-refractivity contribution in [1.82, 2.24) is 10.5 Å². The van der Waals surface area contributed by atoms with Crippen molar-refractivity contribution >= 4 is 5.97 Å². The van der Waals surface area contributed by atoms with Gasteiger partial charge in [0.2, 0.25) is 0 Å². The first-order chi connectivity index (χ1) is 14.6.